The van der Waals surface area contributed by atoms with E-state index in [1.165, 1.54) is 23.3 Å². The molecule has 406 valence electrons. The topological polar surface area (TPSA) is 229 Å². The van der Waals surface area contributed by atoms with Gasteiger partial charge in [0, 0.05) is 38.2 Å². The molecule has 2 aliphatic rings. The van der Waals surface area contributed by atoms with Crippen molar-refractivity contribution in [3.8, 4) is 27.3 Å². The lowest BCUT2D eigenvalue weighted by Gasteiger charge is -2.35. The van der Waals surface area contributed by atoms with Crippen molar-refractivity contribution in [2.24, 2.45) is 5.41 Å². The van der Waals surface area contributed by atoms with Gasteiger partial charge >= 0.3 is 0 Å². The molecule has 5 N–H and O–H groups in total. The summed E-state index contributed by atoms with van der Waals surface area (Å²) in [6.07, 6.45) is 3.40. The Labute approximate surface area is 448 Å². The van der Waals surface area contributed by atoms with E-state index in [2.05, 4.69) is 55.5 Å². The number of nitrogens with one attached hydrogen (secondary N) is 4. The van der Waals surface area contributed by atoms with Crippen molar-refractivity contribution >= 4 is 40.9 Å². The molecule has 0 bridgehead atoms. The highest BCUT2D eigenvalue weighted by Crippen LogP contribution is 2.41. The normalized spacial score (nSPS) is 15.7. The average molecular weight is 1060 g/mol. The van der Waals surface area contributed by atoms with Crippen LogP contribution in [0.15, 0.2) is 90.6 Å². The number of aliphatic hydroxyl groups excluding tert-OH is 1. The third kappa shape index (κ3) is 16.9. The first-order valence-corrected chi connectivity index (χ1v) is 26.7. The Hall–Kier alpha value is -6.61. The molecule has 76 heavy (non-hydrogen) atoms. The van der Waals surface area contributed by atoms with Crippen LogP contribution in [0.3, 0.4) is 0 Å². The lowest BCUT2D eigenvalue weighted by atomic mass is 9.85. The van der Waals surface area contributed by atoms with E-state index >= 15 is 0 Å². The van der Waals surface area contributed by atoms with Crippen LogP contribution in [-0.4, -0.2) is 141 Å². The minimum Gasteiger partial charge on any atom is -0.494 e. The standard InChI is InChI=1S/C57H71N7O11S/c1-37-52(76-36-62-37)44-11-9-38(10-12-44)31-61-55(69)48-29-45(65)34-64(48)56(70)53(57(2,3)4)63-51(67)35-75-26-25-74-24-23-73-22-21-72-20-19-58-50(66)28-39-7-6-8-40(27-39)32-60-54(68)47-30-46(49(71-5)33-59-47)43-17-15-42(16-18-43)41-13-14-41/h6-12,15-18,27,30,33,36,41,45,48,53,65H,13-14,19-26,28-29,31-32,34-35H2,1-5H3,(H,58,66)(H,60,68)(H,61,69)(H,63,67)/t45-,48+,53-/m1/s1. The van der Waals surface area contributed by atoms with E-state index in [0.717, 1.165) is 44.0 Å². The number of rotatable bonds is 28. The van der Waals surface area contributed by atoms with Crippen LogP contribution in [0.2, 0.25) is 0 Å². The van der Waals surface area contributed by atoms with Gasteiger partial charge in [-0.25, -0.2) is 9.97 Å². The smallest absolute Gasteiger partial charge is 0.270 e. The summed E-state index contributed by atoms with van der Waals surface area (Å²) in [7, 11) is 1.59. The van der Waals surface area contributed by atoms with Crippen LogP contribution >= 0.6 is 11.3 Å². The van der Waals surface area contributed by atoms with Gasteiger partial charge in [0.2, 0.25) is 23.6 Å². The van der Waals surface area contributed by atoms with E-state index < -0.39 is 35.4 Å². The number of ether oxygens (including phenoxy) is 5. The van der Waals surface area contributed by atoms with Crippen LogP contribution in [0.4, 0.5) is 0 Å². The predicted octanol–water partition coefficient (Wildman–Crippen LogP) is 5.53. The van der Waals surface area contributed by atoms with E-state index in [9.17, 15) is 29.1 Å². The molecule has 5 amide bonds. The van der Waals surface area contributed by atoms with Gasteiger partial charge in [-0.1, -0.05) is 93.6 Å². The number of carbonyl (C=O) groups is 5. The highest BCUT2D eigenvalue weighted by molar-refractivity contribution is 7.13. The van der Waals surface area contributed by atoms with E-state index in [4.69, 9.17) is 23.7 Å². The number of aromatic nitrogens is 2. The Balaban J connectivity index is 0.705. The number of thiazole rings is 1. The fraction of sp³-hybridized carbons (Fsp3) is 0.456. The molecule has 19 heteroatoms. The van der Waals surface area contributed by atoms with Crippen molar-refractivity contribution in [2.75, 3.05) is 73.1 Å². The van der Waals surface area contributed by atoms with Crippen LogP contribution in [0.1, 0.15) is 84.4 Å². The highest BCUT2D eigenvalue weighted by Gasteiger charge is 2.44. The van der Waals surface area contributed by atoms with Gasteiger partial charge in [-0.15, -0.1) is 11.3 Å². The number of benzene rings is 3. The van der Waals surface area contributed by atoms with Gasteiger partial charge < -0.3 is 55.0 Å². The molecular weight excluding hydrogens is 991 g/mol. The summed E-state index contributed by atoms with van der Waals surface area (Å²) >= 11 is 1.57. The van der Waals surface area contributed by atoms with Gasteiger partial charge in [0.1, 0.15) is 30.1 Å². The number of amides is 5. The molecule has 3 atom stereocenters. The van der Waals surface area contributed by atoms with E-state index in [1.807, 2.05) is 81.7 Å². The Bertz CT molecular complexity index is 2730. The number of aliphatic hydroxyl groups is 1. The molecule has 0 radical (unpaired) electrons. The number of β-amino-alcohol motifs (C(OH)–C–C–N with tert-alkyl or cyclic N) is 1. The molecule has 1 saturated heterocycles. The molecular formula is C57H71N7O11S. The third-order valence-electron chi connectivity index (χ3n) is 13.0. The largest absolute Gasteiger partial charge is 0.494 e. The Morgan fingerprint density at radius 1 is 0.763 bits per heavy atom. The Morgan fingerprint density at radius 2 is 1.42 bits per heavy atom. The zero-order valence-corrected chi connectivity index (χ0v) is 44.9. The van der Waals surface area contributed by atoms with Crippen molar-refractivity contribution in [1.29, 1.82) is 0 Å². The lowest BCUT2D eigenvalue weighted by Crippen LogP contribution is -2.58. The third-order valence-corrected chi connectivity index (χ3v) is 14.0. The SMILES string of the molecule is COc1cnc(C(=O)NCc2cccc(CC(=O)NCCOCCOCCOCCOCC(=O)N[C@H](C(=O)N3C[C@H](O)C[C@H]3C(=O)NCc3ccc(-c4scnc4C)cc3)C(C)(C)C)c2)cc1-c1ccc(C2CC2)cc1. The molecule has 7 rings (SSSR count). The van der Waals surface area contributed by atoms with Crippen molar-refractivity contribution in [3.05, 3.63) is 124 Å². The lowest BCUT2D eigenvalue weighted by molar-refractivity contribution is -0.144. The summed E-state index contributed by atoms with van der Waals surface area (Å²) in [4.78, 5) is 77.3. The molecule has 0 unspecified atom stereocenters. The van der Waals surface area contributed by atoms with Gasteiger partial charge in [0.05, 0.1) is 88.2 Å². The summed E-state index contributed by atoms with van der Waals surface area (Å²) in [5.74, 6) is -0.562. The first-order valence-electron chi connectivity index (χ1n) is 25.8. The fourth-order valence-electron chi connectivity index (χ4n) is 8.75. The second-order valence-electron chi connectivity index (χ2n) is 20.0. The minimum atomic E-state index is -0.979. The molecule has 3 aromatic carbocycles. The van der Waals surface area contributed by atoms with Crippen molar-refractivity contribution < 1.29 is 52.8 Å². The molecule has 18 nitrogen and oxygen atoms in total. The highest BCUT2D eigenvalue weighted by atomic mass is 32.1. The molecule has 2 fully saturated rings. The quantitative estimate of drug-likeness (QED) is 0.0389. The molecule has 1 aliphatic carbocycles. The molecule has 1 aliphatic heterocycles. The number of nitrogens with zero attached hydrogens (tertiary/aromatic N) is 3. The van der Waals surface area contributed by atoms with Crippen LogP contribution in [-0.2, 0) is 57.6 Å². The van der Waals surface area contributed by atoms with Gasteiger partial charge in [-0.05, 0) is 70.5 Å². The number of hydrogen-bond donors (Lipinski definition) is 5. The van der Waals surface area contributed by atoms with Gasteiger partial charge in [-0.3, -0.25) is 24.0 Å². The van der Waals surface area contributed by atoms with Crippen LogP contribution in [0.25, 0.3) is 21.6 Å². The second-order valence-corrected chi connectivity index (χ2v) is 20.9. The second kappa shape index (κ2) is 28.0. The van der Waals surface area contributed by atoms with Gasteiger partial charge in [0.15, 0.2) is 0 Å². The maximum absolute atomic E-state index is 13.9. The van der Waals surface area contributed by atoms with Crippen molar-refractivity contribution in [1.82, 2.24) is 36.1 Å². The number of hydrogen-bond acceptors (Lipinski definition) is 14. The number of pyridine rings is 1. The van der Waals surface area contributed by atoms with E-state index in [-0.39, 0.29) is 75.7 Å². The van der Waals surface area contributed by atoms with Crippen LogP contribution < -0.4 is 26.0 Å². The van der Waals surface area contributed by atoms with Crippen molar-refractivity contribution in [2.45, 2.75) is 90.6 Å². The zero-order valence-electron chi connectivity index (χ0n) is 44.1. The maximum atomic E-state index is 13.9. The Kier molecular flexibility index (Phi) is 21.0. The first-order chi connectivity index (χ1) is 36.7. The monoisotopic (exact) mass is 1060 g/mol. The Morgan fingerprint density at radius 3 is 2.08 bits per heavy atom. The number of methoxy groups -OCH3 is 1. The number of carbonyl (C=O) groups excluding carboxylic acids is 5. The van der Waals surface area contributed by atoms with Crippen LogP contribution in [0, 0.1) is 12.3 Å². The first kappa shape index (κ1) is 57.1. The summed E-state index contributed by atoms with van der Waals surface area (Å²) in [6.45, 7) is 9.87. The zero-order chi connectivity index (χ0) is 54.0. The van der Waals surface area contributed by atoms with E-state index in [0.29, 0.717) is 51.2 Å². The summed E-state index contributed by atoms with van der Waals surface area (Å²) in [6, 6.07) is 23.6. The average Bonchev–Trinajstić information content (AvgIpc) is 4.06. The molecule has 5 aromatic rings. The molecule has 2 aromatic heterocycles. The fourth-order valence-corrected chi connectivity index (χ4v) is 9.56. The van der Waals surface area contributed by atoms with E-state index in [1.54, 1.807) is 30.7 Å². The maximum Gasteiger partial charge on any atom is 0.270 e. The summed E-state index contributed by atoms with van der Waals surface area (Å²) < 4.78 is 27.8. The summed E-state index contributed by atoms with van der Waals surface area (Å²) in [5, 5.41) is 22.1. The summed E-state index contributed by atoms with van der Waals surface area (Å²) in [5.41, 5.74) is 9.00. The number of likely N-dealkylation sites (tertiary alicyclic amines) is 1. The van der Waals surface area contributed by atoms with Gasteiger partial charge in [-0.2, -0.15) is 0 Å². The number of aryl methyl sites for hydroxylation is 1. The molecule has 0 spiro atoms. The molecule has 1 saturated carbocycles. The van der Waals surface area contributed by atoms with Gasteiger partial charge in [0.25, 0.3) is 5.91 Å². The predicted molar refractivity (Wildman–Crippen MR) is 287 cm³/mol. The minimum absolute atomic E-state index is 0.0269. The van der Waals surface area contributed by atoms with Crippen molar-refractivity contribution in [3.63, 3.8) is 0 Å². The molecule has 3 heterocycles. The van der Waals surface area contributed by atoms with Crippen LogP contribution in [0.5, 0.6) is 5.75 Å².